The molecule has 5 nitrogen and oxygen atoms in total. The van der Waals surface area contributed by atoms with Gasteiger partial charge in [0, 0.05) is 12.5 Å². The van der Waals surface area contributed by atoms with Crippen molar-refractivity contribution in [3.8, 4) is 22.9 Å². The minimum absolute atomic E-state index is 0.386. The first-order valence-corrected chi connectivity index (χ1v) is 7.56. The highest BCUT2D eigenvalue weighted by molar-refractivity contribution is 6.35. The Balaban J connectivity index is 2.05. The zero-order valence-corrected chi connectivity index (χ0v) is 13.5. The standard InChI is InChI=1S/C17H15ClN2O3/c1-3-22-15-9-11(7-8-14(15)23-10(2)21)17-19-13-6-4-5-12(18)16(13)20-17/h4-9H,3H2,1-2H3,(H,19,20). The number of hydrogen-bond acceptors (Lipinski definition) is 4. The summed E-state index contributed by atoms with van der Waals surface area (Å²) in [5, 5.41) is 0.589. The third-order valence-electron chi connectivity index (χ3n) is 3.23. The molecule has 6 heteroatoms. The van der Waals surface area contributed by atoms with Crippen molar-refractivity contribution in [3.63, 3.8) is 0 Å². The molecule has 0 radical (unpaired) electrons. The van der Waals surface area contributed by atoms with Crippen molar-refractivity contribution < 1.29 is 14.3 Å². The Kier molecular flexibility index (Phi) is 4.21. The first-order valence-electron chi connectivity index (χ1n) is 7.18. The molecule has 0 amide bonds. The Morgan fingerprint density at radius 1 is 1.26 bits per heavy atom. The number of aromatic amines is 1. The highest BCUT2D eigenvalue weighted by Gasteiger charge is 2.13. The van der Waals surface area contributed by atoms with Gasteiger partial charge in [-0.25, -0.2) is 4.98 Å². The molecule has 118 valence electrons. The predicted octanol–water partition coefficient (Wildman–Crippen LogP) is 4.21. The smallest absolute Gasteiger partial charge is 0.308 e. The molecule has 2 aromatic carbocycles. The van der Waals surface area contributed by atoms with Crippen LogP contribution >= 0.6 is 11.6 Å². The summed E-state index contributed by atoms with van der Waals surface area (Å²) in [7, 11) is 0. The number of imidazole rings is 1. The van der Waals surface area contributed by atoms with Crippen LogP contribution in [0.25, 0.3) is 22.4 Å². The minimum atomic E-state index is -0.394. The van der Waals surface area contributed by atoms with E-state index < -0.39 is 5.97 Å². The van der Waals surface area contributed by atoms with Gasteiger partial charge in [0.25, 0.3) is 0 Å². The first kappa shape index (κ1) is 15.4. The summed E-state index contributed by atoms with van der Waals surface area (Å²) in [6.07, 6.45) is 0. The summed E-state index contributed by atoms with van der Waals surface area (Å²) in [6, 6.07) is 10.9. The highest BCUT2D eigenvalue weighted by Crippen LogP contribution is 2.33. The average molecular weight is 331 g/mol. The summed E-state index contributed by atoms with van der Waals surface area (Å²) in [4.78, 5) is 18.9. The van der Waals surface area contributed by atoms with Crippen LogP contribution in [0.5, 0.6) is 11.5 Å². The van der Waals surface area contributed by atoms with E-state index in [0.29, 0.717) is 34.5 Å². The molecule has 0 fully saturated rings. The topological polar surface area (TPSA) is 64.2 Å². The Morgan fingerprint density at radius 2 is 2.09 bits per heavy atom. The molecule has 0 bridgehead atoms. The van der Waals surface area contributed by atoms with E-state index in [1.54, 1.807) is 18.2 Å². The number of carbonyl (C=O) groups excluding carboxylic acids is 1. The van der Waals surface area contributed by atoms with Crippen LogP contribution in [0, 0.1) is 0 Å². The molecular weight excluding hydrogens is 316 g/mol. The second-order valence-corrected chi connectivity index (χ2v) is 5.32. The number of rotatable bonds is 4. The lowest BCUT2D eigenvalue weighted by molar-refractivity contribution is -0.132. The second-order valence-electron chi connectivity index (χ2n) is 4.91. The second kappa shape index (κ2) is 6.30. The fourth-order valence-corrected chi connectivity index (χ4v) is 2.51. The molecule has 1 N–H and O–H groups in total. The van der Waals surface area contributed by atoms with Crippen molar-refractivity contribution >= 4 is 28.6 Å². The summed E-state index contributed by atoms with van der Waals surface area (Å²) in [5.74, 6) is 1.15. The van der Waals surface area contributed by atoms with Crippen molar-refractivity contribution in [2.75, 3.05) is 6.61 Å². The molecule has 0 aliphatic rings. The quantitative estimate of drug-likeness (QED) is 0.575. The van der Waals surface area contributed by atoms with Gasteiger partial charge in [0.05, 0.1) is 17.1 Å². The molecule has 1 heterocycles. The number of aromatic nitrogens is 2. The molecule has 0 saturated carbocycles. The number of H-pyrrole nitrogens is 1. The van der Waals surface area contributed by atoms with Gasteiger partial charge in [0.1, 0.15) is 11.3 Å². The number of nitrogens with zero attached hydrogens (tertiary/aromatic N) is 1. The lowest BCUT2D eigenvalue weighted by Crippen LogP contribution is -2.04. The zero-order valence-electron chi connectivity index (χ0n) is 12.7. The SMILES string of the molecule is CCOc1cc(-c2nc3c(Cl)cccc3[nH]2)ccc1OC(C)=O. The monoisotopic (exact) mass is 330 g/mol. The van der Waals surface area contributed by atoms with Crippen molar-refractivity contribution in [2.45, 2.75) is 13.8 Å². The molecule has 1 aromatic heterocycles. The number of esters is 1. The summed E-state index contributed by atoms with van der Waals surface area (Å²) in [5.41, 5.74) is 2.39. The molecule has 3 aromatic rings. The number of para-hydroxylation sites is 1. The Morgan fingerprint density at radius 3 is 2.78 bits per heavy atom. The number of ether oxygens (including phenoxy) is 2. The van der Waals surface area contributed by atoms with Crippen LogP contribution in [0.15, 0.2) is 36.4 Å². The van der Waals surface area contributed by atoms with Crippen LogP contribution in [0.2, 0.25) is 5.02 Å². The molecule has 3 rings (SSSR count). The number of nitrogens with one attached hydrogen (secondary N) is 1. The van der Waals surface area contributed by atoms with Gasteiger partial charge in [-0.3, -0.25) is 4.79 Å². The first-order chi connectivity index (χ1) is 11.1. The molecule has 0 atom stereocenters. The van der Waals surface area contributed by atoms with Gasteiger partial charge in [-0.15, -0.1) is 0 Å². The van der Waals surface area contributed by atoms with Crippen molar-refractivity contribution in [2.24, 2.45) is 0 Å². The van der Waals surface area contributed by atoms with Gasteiger partial charge in [0.2, 0.25) is 0 Å². The number of fused-ring (bicyclic) bond motifs is 1. The van der Waals surface area contributed by atoms with Gasteiger partial charge in [-0.05, 0) is 37.3 Å². The van der Waals surface area contributed by atoms with E-state index in [4.69, 9.17) is 21.1 Å². The van der Waals surface area contributed by atoms with E-state index in [2.05, 4.69) is 9.97 Å². The van der Waals surface area contributed by atoms with Crippen LogP contribution in [0.3, 0.4) is 0 Å². The lowest BCUT2D eigenvalue weighted by Gasteiger charge is -2.10. The third-order valence-corrected chi connectivity index (χ3v) is 3.54. The number of carbonyl (C=O) groups is 1. The van der Waals surface area contributed by atoms with Gasteiger partial charge in [0.15, 0.2) is 11.5 Å². The Labute approximate surface area is 138 Å². The third kappa shape index (κ3) is 3.14. The van der Waals surface area contributed by atoms with E-state index in [9.17, 15) is 4.79 Å². The summed E-state index contributed by atoms with van der Waals surface area (Å²) < 4.78 is 10.7. The van der Waals surface area contributed by atoms with Gasteiger partial charge < -0.3 is 14.5 Å². The van der Waals surface area contributed by atoms with Crippen LogP contribution < -0.4 is 9.47 Å². The predicted molar refractivity (Wildman–Crippen MR) is 89.0 cm³/mol. The van der Waals surface area contributed by atoms with Crippen molar-refractivity contribution in [1.82, 2.24) is 9.97 Å². The molecule has 0 aliphatic heterocycles. The van der Waals surface area contributed by atoms with Crippen molar-refractivity contribution in [3.05, 3.63) is 41.4 Å². The van der Waals surface area contributed by atoms with E-state index in [-0.39, 0.29) is 0 Å². The number of benzene rings is 2. The minimum Gasteiger partial charge on any atom is -0.490 e. The van der Waals surface area contributed by atoms with Gasteiger partial charge in [-0.2, -0.15) is 0 Å². The maximum atomic E-state index is 11.2. The van der Waals surface area contributed by atoms with Crippen LogP contribution in [0.1, 0.15) is 13.8 Å². The van der Waals surface area contributed by atoms with E-state index in [1.807, 2.05) is 25.1 Å². The normalized spacial score (nSPS) is 10.7. The number of halogens is 1. The summed E-state index contributed by atoms with van der Waals surface area (Å²) in [6.45, 7) is 3.68. The fraction of sp³-hybridized carbons (Fsp3) is 0.176. The van der Waals surface area contributed by atoms with Gasteiger partial charge >= 0.3 is 5.97 Å². The maximum absolute atomic E-state index is 11.2. The molecular formula is C17H15ClN2O3. The van der Waals surface area contributed by atoms with Crippen LogP contribution in [-0.4, -0.2) is 22.5 Å². The highest BCUT2D eigenvalue weighted by atomic mass is 35.5. The van der Waals surface area contributed by atoms with E-state index in [1.165, 1.54) is 6.92 Å². The van der Waals surface area contributed by atoms with Crippen molar-refractivity contribution in [1.29, 1.82) is 0 Å². The Bertz CT molecular complexity index is 873. The largest absolute Gasteiger partial charge is 0.490 e. The molecule has 0 saturated heterocycles. The maximum Gasteiger partial charge on any atom is 0.308 e. The molecule has 0 spiro atoms. The lowest BCUT2D eigenvalue weighted by atomic mass is 10.2. The average Bonchev–Trinajstić information content (AvgIpc) is 2.94. The van der Waals surface area contributed by atoms with E-state index >= 15 is 0 Å². The van der Waals surface area contributed by atoms with Crippen LogP contribution in [0.4, 0.5) is 0 Å². The fourth-order valence-electron chi connectivity index (χ4n) is 2.30. The molecule has 23 heavy (non-hydrogen) atoms. The summed E-state index contributed by atoms with van der Waals surface area (Å²) >= 11 is 6.16. The molecule has 0 aliphatic carbocycles. The van der Waals surface area contributed by atoms with Gasteiger partial charge in [-0.1, -0.05) is 17.7 Å². The number of hydrogen-bond donors (Lipinski definition) is 1. The Hall–Kier alpha value is -2.53. The molecule has 0 unspecified atom stereocenters. The van der Waals surface area contributed by atoms with Crippen LogP contribution in [-0.2, 0) is 4.79 Å². The zero-order chi connectivity index (χ0) is 16.4. The van der Waals surface area contributed by atoms with E-state index in [0.717, 1.165) is 11.1 Å².